The average molecular weight is 459 g/mol. The van der Waals surface area contributed by atoms with E-state index in [9.17, 15) is 4.79 Å². The number of aryl methyl sites for hydroxylation is 1. The Morgan fingerprint density at radius 1 is 1.24 bits per heavy atom. The van der Waals surface area contributed by atoms with Crippen LogP contribution in [-0.2, 0) is 0 Å². The van der Waals surface area contributed by atoms with E-state index in [1.165, 1.54) is 24.0 Å². The summed E-state index contributed by atoms with van der Waals surface area (Å²) in [6.07, 6.45) is 7.48. The first kappa shape index (κ1) is 22.2. The summed E-state index contributed by atoms with van der Waals surface area (Å²) in [5.41, 5.74) is 4.56. The quantitative estimate of drug-likeness (QED) is 0.484. The molecule has 2 aliphatic rings. The van der Waals surface area contributed by atoms with Crippen molar-refractivity contribution in [2.24, 2.45) is 5.92 Å². The van der Waals surface area contributed by atoms with E-state index in [2.05, 4.69) is 40.6 Å². The van der Waals surface area contributed by atoms with Crippen molar-refractivity contribution in [1.29, 1.82) is 0 Å². The number of hydrogen-bond acceptors (Lipinski definition) is 5. The van der Waals surface area contributed by atoms with E-state index in [1.54, 1.807) is 0 Å². The van der Waals surface area contributed by atoms with Gasteiger partial charge in [-0.2, -0.15) is 0 Å². The molecule has 5 rings (SSSR count). The number of aromatic nitrogens is 2. The minimum atomic E-state index is -0.141. The van der Waals surface area contributed by atoms with Crippen LogP contribution in [0.2, 0.25) is 0 Å². The van der Waals surface area contributed by atoms with Gasteiger partial charge in [0.1, 0.15) is 11.5 Å². The lowest BCUT2D eigenvalue weighted by atomic mass is 9.91. The van der Waals surface area contributed by atoms with Crippen molar-refractivity contribution in [2.75, 3.05) is 18.4 Å². The largest absolute Gasteiger partial charge is 0.439 e. The number of rotatable bonds is 5. The molecule has 2 fully saturated rings. The van der Waals surface area contributed by atoms with Gasteiger partial charge in [0, 0.05) is 30.9 Å². The number of hydrogen-bond donors (Lipinski definition) is 1. The summed E-state index contributed by atoms with van der Waals surface area (Å²) in [4.78, 5) is 19.0. The Kier molecular flexibility index (Phi) is 6.09. The number of ether oxygens (including phenoxy) is 1. The van der Waals surface area contributed by atoms with E-state index < -0.39 is 0 Å². The number of carbonyl (C=O) groups is 1. The SMILES string of the molecule is Cc1onc(NC(=O)N2CCC(=Cc3cccc(Oc4ccc(C5CC5)cn4)c3)C(C)C2)c1C. The van der Waals surface area contributed by atoms with Crippen molar-refractivity contribution in [1.82, 2.24) is 15.0 Å². The molecule has 0 radical (unpaired) electrons. The highest BCUT2D eigenvalue weighted by Gasteiger charge is 2.26. The number of likely N-dealkylation sites (tertiary alicyclic amines) is 1. The number of anilines is 1. The lowest BCUT2D eigenvalue weighted by Crippen LogP contribution is -2.42. The van der Waals surface area contributed by atoms with E-state index in [0.29, 0.717) is 36.5 Å². The molecule has 7 heteroatoms. The molecule has 1 atom stereocenters. The number of piperidine rings is 1. The van der Waals surface area contributed by atoms with Gasteiger partial charge in [0.15, 0.2) is 5.82 Å². The zero-order valence-corrected chi connectivity index (χ0v) is 19.9. The van der Waals surface area contributed by atoms with Gasteiger partial charge >= 0.3 is 6.03 Å². The predicted molar refractivity (Wildman–Crippen MR) is 131 cm³/mol. The number of amides is 2. The molecule has 0 bridgehead atoms. The zero-order valence-electron chi connectivity index (χ0n) is 19.9. The molecule has 176 valence electrons. The second kappa shape index (κ2) is 9.33. The highest BCUT2D eigenvalue weighted by Crippen LogP contribution is 2.40. The molecule has 1 saturated heterocycles. The van der Waals surface area contributed by atoms with Crippen molar-refractivity contribution < 1.29 is 14.1 Å². The van der Waals surface area contributed by atoms with Crippen LogP contribution in [0.3, 0.4) is 0 Å². The van der Waals surface area contributed by atoms with Gasteiger partial charge in [0.25, 0.3) is 0 Å². The van der Waals surface area contributed by atoms with Crippen molar-refractivity contribution in [3.63, 3.8) is 0 Å². The predicted octanol–water partition coefficient (Wildman–Crippen LogP) is 6.31. The lowest BCUT2D eigenvalue weighted by Gasteiger charge is -2.33. The van der Waals surface area contributed by atoms with Crippen LogP contribution in [0.25, 0.3) is 6.08 Å². The van der Waals surface area contributed by atoms with Gasteiger partial charge in [-0.15, -0.1) is 0 Å². The van der Waals surface area contributed by atoms with E-state index in [-0.39, 0.29) is 11.9 Å². The maximum atomic E-state index is 12.7. The topological polar surface area (TPSA) is 80.5 Å². The monoisotopic (exact) mass is 458 g/mol. The summed E-state index contributed by atoms with van der Waals surface area (Å²) < 4.78 is 11.1. The number of carbonyl (C=O) groups excluding carboxylic acids is 1. The number of benzene rings is 1. The van der Waals surface area contributed by atoms with Crippen LogP contribution in [0.5, 0.6) is 11.6 Å². The van der Waals surface area contributed by atoms with E-state index in [1.807, 2.05) is 49.2 Å². The Morgan fingerprint density at radius 2 is 2.09 bits per heavy atom. The fourth-order valence-corrected chi connectivity index (χ4v) is 4.28. The average Bonchev–Trinajstić information content (AvgIpc) is 3.64. The minimum absolute atomic E-state index is 0.141. The summed E-state index contributed by atoms with van der Waals surface area (Å²) in [5, 5.41) is 6.80. The van der Waals surface area contributed by atoms with Crippen molar-refractivity contribution in [3.05, 3.63) is 70.6 Å². The molecule has 3 heterocycles. The Balaban J connectivity index is 1.21. The Morgan fingerprint density at radius 3 is 2.76 bits per heavy atom. The highest BCUT2D eigenvalue weighted by molar-refractivity contribution is 5.89. The first-order chi connectivity index (χ1) is 16.5. The van der Waals surface area contributed by atoms with Crippen molar-refractivity contribution in [3.8, 4) is 11.6 Å². The van der Waals surface area contributed by atoms with Crippen LogP contribution >= 0.6 is 0 Å². The van der Waals surface area contributed by atoms with Gasteiger partial charge in [-0.1, -0.05) is 41.9 Å². The fraction of sp³-hybridized carbons (Fsp3) is 0.370. The Labute approximate surface area is 199 Å². The zero-order chi connectivity index (χ0) is 23.7. The molecule has 1 aliphatic carbocycles. The minimum Gasteiger partial charge on any atom is -0.439 e. The van der Waals surface area contributed by atoms with Crippen LogP contribution in [0.15, 0.2) is 52.7 Å². The summed E-state index contributed by atoms with van der Waals surface area (Å²) in [7, 11) is 0. The first-order valence-corrected chi connectivity index (χ1v) is 11.9. The van der Waals surface area contributed by atoms with Gasteiger partial charge in [-0.05, 0) is 68.2 Å². The second-order valence-corrected chi connectivity index (χ2v) is 9.34. The number of urea groups is 1. The van der Waals surface area contributed by atoms with Crippen LogP contribution in [-0.4, -0.2) is 34.2 Å². The van der Waals surface area contributed by atoms with Crippen molar-refractivity contribution in [2.45, 2.75) is 46.0 Å². The molecule has 1 aliphatic heterocycles. The second-order valence-electron chi connectivity index (χ2n) is 9.34. The molecule has 7 nitrogen and oxygen atoms in total. The van der Waals surface area contributed by atoms with Gasteiger partial charge in [0.05, 0.1) is 0 Å². The molecule has 1 saturated carbocycles. The lowest BCUT2D eigenvalue weighted by molar-refractivity contribution is 0.197. The summed E-state index contributed by atoms with van der Waals surface area (Å²) in [5.74, 6) is 3.52. The third-order valence-electron chi connectivity index (χ3n) is 6.71. The third-order valence-corrected chi connectivity index (χ3v) is 6.71. The molecule has 0 spiro atoms. The molecule has 34 heavy (non-hydrogen) atoms. The number of pyridine rings is 1. The first-order valence-electron chi connectivity index (χ1n) is 11.9. The summed E-state index contributed by atoms with van der Waals surface area (Å²) in [6, 6.07) is 12.0. The number of nitrogens with zero attached hydrogens (tertiary/aromatic N) is 3. The number of nitrogens with one attached hydrogen (secondary N) is 1. The molecule has 1 N–H and O–H groups in total. The molecule has 2 aromatic heterocycles. The van der Waals surface area contributed by atoms with Gasteiger partial charge < -0.3 is 14.2 Å². The van der Waals surface area contributed by atoms with Crippen molar-refractivity contribution >= 4 is 17.9 Å². The molecule has 3 aromatic rings. The van der Waals surface area contributed by atoms with Gasteiger partial charge in [-0.25, -0.2) is 9.78 Å². The normalized spacial score (nSPS) is 19.3. The highest BCUT2D eigenvalue weighted by atomic mass is 16.5. The molecule has 2 amide bonds. The Hall–Kier alpha value is -3.61. The summed E-state index contributed by atoms with van der Waals surface area (Å²) >= 11 is 0. The smallest absolute Gasteiger partial charge is 0.323 e. The molecular weight excluding hydrogens is 428 g/mol. The van der Waals surface area contributed by atoms with Gasteiger partial charge in [-0.3, -0.25) is 5.32 Å². The van der Waals surface area contributed by atoms with E-state index >= 15 is 0 Å². The van der Waals surface area contributed by atoms with Crippen LogP contribution in [0.4, 0.5) is 10.6 Å². The van der Waals surface area contributed by atoms with Crippen LogP contribution in [0, 0.1) is 19.8 Å². The Bertz CT molecular complexity index is 1210. The molecular formula is C27H30N4O3. The van der Waals surface area contributed by atoms with Crippen LogP contribution in [0.1, 0.15) is 54.6 Å². The molecule has 1 unspecified atom stereocenters. The third kappa shape index (κ3) is 4.98. The fourth-order valence-electron chi connectivity index (χ4n) is 4.28. The summed E-state index contributed by atoms with van der Waals surface area (Å²) in [6.45, 7) is 7.19. The van der Waals surface area contributed by atoms with E-state index in [4.69, 9.17) is 9.26 Å². The maximum absolute atomic E-state index is 12.7. The van der Waals surface area contributed by atoms with E-state index in [0.717, 1.165) is 23.3 Å². The van der Waals surface area contributed by atoms with Gasteiger partial charge in [0.2, 0.25) is 5.88 Å². The van der Waals surface area contributed by atoms with Crippen LogP contribution < -0.4 is 10.1 Å². The standard InChI is InChI=1S/C27H30N4O3/c1-17-16-31(27(32)29-26-18(2)19(3)34-30-26)12-11-22(17)13-20-5-4-6-24(14-20)33-25-10-9-23(15-28-25)21-7-8-21/h4-6,9-10,13-15,17,21H,7-8,11-12,16H2,1-3H3,(H,29,30,32). The molecule has 1 aromatic carbocycles. The maximum Gasteiger partial charge on any atom is 0.323 e.